The van der Waals surface area contributed by atoms with E-state index in [0.29, 0.717) is 5.92 Å². The van der Waals surface area contributed by atoms with E-state index in [1.54, 1.807) is 0 Å². The van der Waals surface area contributed by atoms with Crippen LogP contribution in [0.15, 0.2) is 30.4 Å². The predicted octanol–water partition coefficient (Wildman–Crippen LogP) is 4.06. The van der Waals surface area contributed by atoms with Crippen LogP contribution in [0.25, 0.3) is 0 Å². The van der Waals surface area contributed by atoms with Crippen molar-refractivity contribution in [3.05, 3.63) is 41.5 Å². The van der Waals surface area contributed by atoms with Crippen LogP contribution < -0.4 is 4.74 Å². The molecule has 0 saturated carbocycles. The van der Waals surface area contributed by atoms with Crippen LogP contribution in [0.4, 0.5) is 0 Å². The molecule has 120 valence electrons. The van der Waals surface area contributed by atoms with Gasteiger partial charge in [-0.05, 0) is 55.9 Å². The van der Waals surface area contributed by atoms with Gasteiger partial charge in [0, 0.05) is 13.1 Å². The third kappa shape index (κ3) is 3.90. The molecule has 1 amide bonds. The van der Waals surface area contributed by atoms with E-state index in [4.69, 9.17) is 4.74 Å². The molecule has 1 fully saturated rings. The van der Waals surface area contributed by atoms with Crippen molar-refractivity contribution in [2.45, 2.75) is 52.6 Å². The number of ether oxygens (including phenoxy) is 1. The number of carbonyl (C=O) groups is 1. The second-order valence-electron chi connectivity index (χ2n) is 6.51. The molecule has 1 heterocycles. The van der Waals surface area contributed by atoms with E-state index in [2.05, 4.69) is 33.4 Å². The molecule has 1 aromatic rings. The molecule has 2 rings (SSSR count). The molecular weight excluding hydrogens is 274 g/mol. The molecule has 1 atom stereocenters. The topological polar surface area (TPSA) is 29.5 Å². The first-order valence-electron chi connectivity index (χ1n) is 8.11. The summed E-state index contributed by atoms with van der Waals surface area (Å²) in [4.78, 5) is 14.3. The molecule has 1 unspecified atom stereocenters. The van der Waals surface area contributed by atoms with Gasteiger partial charge in [-0.3, -0.25) is 4.79 Å². The van der Waals surface area contributed by atoms with Crippen LogP contribution in [0.1, 0.15) is 50.7 Å². The van der Waals surface area contributed by atoms with E-state index < -0.39 is 6.10 Å². The highest BCUT2D eigenvalue weighted by atomic mass is 16.5. The monoisotopic (exact) mass is 301 g/mol. The molecule has 1 aliphatic heterocycles. The zero-order chi connectivity index (χ0) is 16.3. The van der Waals surface area contributed by atoms with Crippen LogP contribution in [-0.2, 0) is 4.79 Å². The molecule has 1 aliphatic rings. The quantitative estimate of drug-likeness (QED) is 0.785. The fourth-order valence-electron chi connectivity index (χ4n) is 2.92. The van der Waals surface area contributed by atoms with Crippen molar-refractivity contribution < 1.29 is 9.53 Å². The molecular formula is C19H27NO2. The van der Waals surface area contributed by atoms with Crippen LogP contribution in [0.3, 0.4) is 0 Å². The number of carbonyl (C=O) groups excluding carboxylic acids is 1. The summed E-state index contributed by atoms with van der Waals surface area (Å²) in [5.41, 5.74) is 3.76. The maximum atomic E-state index is 12.4. The van der Waals surface area contributed by atoms with Gasteiger partial charge in [-0.2, -0.15) is 0 Å². The van der Waals surface area contributed by atoms with Crippen LogP contribution >= 0.6 is 0 Å². The second-order valence-corrected chi connectivity index (χ2v) is 6.51. The molecule has 3 nitrogen and oxygen atoms in total. The number of hydrogen-bond acceptors (Lipinski definition) is 2. The van der Waals surface area contributed by atoms with Crippen LogP contribution in [0.2, 0.25) is 0 Å². The van der Waals surface area contributed by atoms with Crippen molar-refractivity contribution in [2.24, 2.45) is 0 Å². The SMILES string of the molecule is C=C1CCN(C(=O)C(C)Oc2ccc(C(C)C)c(C)c2)CC1. The zero-order valence-corrected chi connectivity index (χ0v) is 14.2. The Bertz CT molecular complexity index is 553. The van der Waals surface area contributed by atoms with Gasteiger partial charge in [-0.25, -0.2) is 0 Å². The lowest BCUT2D eigenvalue weighted by Crippen LogP contribution is -2.43. The number of hydrogen-bond donors (Lipinski definition) is 0. The van der Waals surface area contributed by atoms with E-state index >= 15 is 0 Å². The Morgan fingerprint density at radius 2 is 1.86 bits per heavy atom. The standard InChI is InChI=1S/C19H27NO2/c1-13(2)18-7-6-17(12-15(18)4)22-16(5)19(21)20-10-8-14(3)9-11-20/h6-7,12-13,16H,3,8-11H2,1-2,4-5H3. The van der Waals surface area contributed by atoms with Crippen LogP contribution in [-0.4, -0.2) is 30.0 Å². The highest BCUT2D eigenvalue weighted by molar-refractivity contribution is 5.81. The Morgan fingerprint density at radius 3 is 2.41 bits per heavy atom. The average Bonchev–Trinajstić information content (AvgIpc) is 2.47. The van der Waals surface area contributed by atoms with Crippen molar-refractivity contribution in [3.8, 4) is 5.75 Å². The molecule has 0 spiro atoms. The van der Waals surface area contributed by atoms with Gasteiger partial charge in [0.25, 0.3) is 5.91 Å². The Hall–Kier alpha value is -1.77. The Morgan fingerprint density at radius 1 is 1.23 bits per heavy atom. The summed E-state index contributed by atoms with van der Waals surface area (Å²) in [5, 5.41) is 0. The molecule has 1 aromatic carbocycles. The molecule has 3 heteroatoms. The first kappa shape index (κ1) is 16.6. The van der Waals surface area contributed by atoms with Crippen molar-refractivity contribution in [1.82, 2.24) is 4.90 Å². The maximum absolute atomic E-state index is 12.4. The lowest BCUT2D eigenvalue weighted by atomic mass is 9.98. The normalized spacial score (nSPS) is 16.8. The molecule has 0 radical (unpaired) electrons. The van der Waals surface area contributed by atoms with Crippen LogP contribution in [0.5, 0.6) is 5.75 Å². The van der Waals surface area contributed by atoms with Gasteiger partial charge in [0.05, 0.1) is 0 Å². The Kier molecular flexibility index (Phi) is 5.28. The average molecular weight is 301 g/mol. The fourth-order valence-corrected chi connectivity index (χ4v) is 2.92. The largest absolute Gasteiger partial charge is 0.481 e. The van der Waals surface area contributed by atoms with E-state index in [-0.39, 0.29) is 5.91 Å². The third-order valence-corrected chi connectivity index (χ3v) is 4.31. The molecule has 0 bridgehead atoms. The first-order chi connectivity index (χ1) is 10.4. The summed E-state index contributed by atoms with van der Waals surface area (Å²) in [7, 11) is 0. The molecule has 0 aromatic heterocycles. The van der Waals surface area contributed by atoms with Crippen LogP contribution in [0, 0.1) is 6.92 Å². The van der Waals surface area contributed by atoms with Gasteiger partial charge in [0.15, 0.2) is 6.10 Å². The summed E-state index contributed by atoms with van der Waals surface area (Å²) >= 11 is 0. The van der Waals surface area contributed by atoms with E-state index in [0.717, 1.165) is 31.7 Å². The van der Waals surface area contributed by atoms with Crippen molar-refractivity contribution in [1.29, 1.82) is 0 Å². The third-order valence-electron chi connectivity index (χ3n) is 4.31. The maximum Gasteiger partial charge on any atom is 0.263 e. The number of aryl methyl sites for hydroxylation is 1. The highest BCUT2D eigenvalue weighted by Crippen LogP contribution is 2.24. The lowest BCUT2D eigenvalue weighted by molar-refractivity contribution is -0.138. The number of amides is 1. The fraction of sp³-hybridized carbons (Fsp3) is 0.526. The number of nitrogens with zero attached hydrogens (tertiary/aromatic N) is 1. The molecule has 1 saturated heterocycles. The van der Waals surface area contributed by atoms with Gasteiger partial charge in [0.2, 0.25) is 0 Å². The zero-order valence-electron chi connectivity index (χ0n) is 14.2. The number of likely N-dealkylation sites (tertiary alicyclic amines) is 1. The van der Waals surface area contributed by atoms with Crippen molar-refractivity contribution in [2.75, 3.05) is 13.1 Å². The highest BCUT2D eigenvalue weighted by Gasteiger charge is 2.24. The van der Waals surface area contributed by atoms with E-state index in [9.17, 15) is 4.79 Å². The minimum Gasteiger partial charge on any atom is -0.481 e. The first-order valence-corrected chi connectivity index (χ1v) is 8.11. The predicted molar refractivity (Wildman–Crippen MR) is 90.3 cm³/mol. The minimum absolute atomic E-state index is 0.0677. The van der Waals surface area contributed by atoms with Gasteiger partial charge in [-0.1, -0.05) is 32.1 Å². The van der Waals surface area contributed by atoms with E-state index in [1.165, 1.54) is 16.7 Å². The van der Waals surface area contributed by atoms with Crippen molar-refractivity contribution in [3.63, 3.8) is 0 Å². The van der Waals surface area contributed by atoms with Gasteiger partial charge >= 0.3 is 0 Å². The Balaban J connectivity index is 1.99. The Labute approximate surface area is 134 Å². The number of rotatable bonds is 4. The molecule has 0 aliphatic carbocycles. The smallest absolute Gasteiger partial charge is 0.263 e. The summed E-state index contributed by atoms with van der Waals surface area (Å²) in [6.07, 6.45) is 1.36. The summed E-state index contributed by atoms with van der Waals surface area (Å²) < 4.78 is 5.86. The number of piperidine rings is 1. The summed E-state index contributed by atoms with van der Waals surface area (Å²) in [6, 6.07) is 6.08. The van der Waals surface area contributed by atoms with Gasteiger partial charge in [0.1, 0.15) is 5.75 Å². The second kappa shape index (κ2) is 6.99. The molecule has 22 heavy (non-hydrogen) atoms. The van der Waals surface area contributed by atoms with Gasteiger partial charge < -0.3 is 9.64 Å². The number of benzene rings is 1. The summed E-state index contributed by atoms with van der Waals surface area (Å²) in [6.45, 7) is 13.8. The van der Waals surface area contributed by atoms with Gasteiger partial charge in [-0.15, -0.1) is 0 Å². The van der Waals surface area contributed by atoms with E-state index in [1.807, 2.05) is 24.0 Å². The molecule has 0 N–H and O–H groups in total. The minimum atomic E-state index is -0.448. The van der Waals surface area contributed by atoms with Crippen molar-refractivity contribution >= 4 is 5.91 Å². The summed E-state index contributed by atoms with van der Waals surface area (Å²) in [5.74, 6) is 1.33. The lowest BCUT2D eigenvalue weighted by Gasteiger charge is -2.30.